The average molecular weight is 530 g/mol. The number of hydrogen-bond acceptors (Lipinski definition) is 5. The first-order valence-corrected chi connectivity index (χ1v) is 13.4. The van der Waals surface area contributed by atoms with Gasteiger partial charge in [-0.2, -0.15) is 13.9 Å². The molecule has 1 fully saturated rings. The molecule has 6 rings (SSSR count). The molecule has 0 radical (unpaired) electrons. The van der Waals surface area contributed by atoms with Crippen LogP contribution < -0.4 is 9.47 Å². The van der Waals surface area contributed by atoms with Gasteiger partial charge in [-0.1, -0.05) is 42.5 Å². The Bertz CT molecular complexity index is 1550. The van der Waals surface area contributed by atoms with Crippen molar-refractivity contribution in [1.29, 1.82) is 0 Å². The van der Waals surface area contributed by atoms with Crippen LogP contribution in [-0.2, 0) is 5.75 Å². The lowest BCUT2D eigenvalue weighted by molar-refractivity contribution is -0.0515. The molecule has 2 aromatic heterocycles. The van der Waals surface area contributed by atoms with E-state index in [1.54, 1.807) is 34.6 Å². The van der Waals surface area contributed by atoms with E-state index in [2.05, 4.69) is 41.4 Å². The number of ether oxygens (including phenoxy) is 2. The van der Waals surface area contributed by atoms with Crippen LogP contribution in [0.25, 0.3) is 28.2 Å². The highest BCUT2D eigenvalue weighted by Gasteiger charge is 2.23. The molecule has 0 aliphatic heterocycles. The van der Waals surface area contributed by atoms with Crippen molar-refractivity contribution >= 4 is 17.4 Å². The monoisotopic (exact) mass is 529 g/mol. The molecule has 192 valence electrons. The first-order chi connectivity index (χ1) is 18.6. The van der Waals surface area contributed by atoms with Crippen molar-refractivity contribution in [3.05, 3.63) is 96.7 Å². The molecule has 38 heavy (non-hydrogen) atoms. The summed E-state index contributed by atoms with van der Waals surface area (Å²) in [7, 11) is 0. The number of hydrogen-bond donors (Lipinski definition) is 0. The minimum atomic E-state index is -2.92. The smallest absolute Gasteiger partial charge is 0.387 e. The van der Waals surface area contributed by atoms with Crippen LogP contribution in [0.2, 0.25) is 0 Å². The zero-order chi connectivity index (χ0) is 25.9. The average Bonchev–Trinajstić information content (AvgIpc) is 3.67. The van der Waals surface area contributed by atoms with Gasteiger partial charge in [0, 0.05) is 34.0 Å². The third kappa shape index (κ3) is 5.65. The van der Waals surface area contributed by atoms with Crippen LogP contribution in [-0.4, -0.2) is 27.8 Å². The van der Waals surface area contributed by atoms with Gasteiger partial charge in [-0.15, -0.1) is 11.8 Å². The summed E-state index contributed by atoms with van der Waals surface area (Å²) in [5, 5.41) is 4.86. The minimum Gasteiger partial charge on any atom is -0.489 e. The summed E-state index contributed by atoms with van der Waals surface area (Å²) in [4.78, 5) is 5.66. The van der Waals surface area contributed by atoms with Crippen LogP contribution in [0.5, 0.6) is 11.5 Å². The third-order valence-electron chi connectivity index (χ3n) is 6.36. The van der Waals surface area contributed by atoms with Crippen LogP contribution in [0.4, 0.5) is 8.78 Å². The van der Waals surface area contributed by atoms with Crippen LogP contribution in [0.15, 0.2) is 96.0 Å². The molecular formula is C30H25F2N3O2S. The van der Waals surface area contributed by atoms with Gasteiger partial charge in [-0.3, -0.25) is 0 Å². The van der Waals surface area contributed by atoms with Crippen molar-refractivity contribution in [2.45, 2.75) is 30.1 Å². The SMILES string of the molecule is FC(F)Oc1ccc(-c2ccnc3cc(-c4cccc(SCc5ccccc5)c4)nn23)cc1OCC1CC1. The fraction of sp³-hybridized carbons (Fsp3) is 0.200. The Morgan fingerprint density at radius 2 is 1.76 bits per heavy atom. The molecule has 5 aromatic rings. The number of alkyl halides is 2. The zero-order valence-electron chi connectivity index (χ0n) is 20.5. The van der Waals surface area contributed by atoms with Crippen molar-refractivity contribution in [3.63, 3.8) is 0 Å². The second-order valence-electron chi connectivity index (χ2n) is 9.23. The molecular weight excluding hydrogens is 504 g/mol. The van der Waals surface area contributed by atoms with Gasteiger partial charge >= 0.3 is 6.61 Å². The Kier molecular flexibility index (Phi) is 6.96. The Balaban J connectivity index is 1.29. The summed E-state index contributed by atoms with van der Waals surface area (Å²) in [6.45, 7) is -2.44. The molecule has 0 spiro atoms. The van der Waals surface area contributed by atoms with Gasteiger partial charge in [0.25, 0.3) is 0 Å². The first-order valence-electron chi connectivity index (χ1n) is 12.5. The number of aromatic nitrogens is 3. The summed E-state index contributed by atoms with van der Waals surface area (Å²) in [6.07, 6.45) is 3.91. The highest BCUT2D eigenvalue weighted by molar-refractivity contribution is 7.98. The van der Waals surface area contributed by atoms with E-state index in [9.17, 15) is 8.78 Å². The fourth-order valence-electron chi connectivity index (χ4n) is 4.21. The Labute approximate surface area is 223 Å². The summed E-state index contributed by atoms with van der Waals surface area (Å²) < 4.78 is 38.3. The number of halogens is 2. The summed E-state index contributed by atoms with van der Waals surface area (Å²) >= 11 is 1.78. The fourth-order valence-corrected chi connectivity index (χ4v) is 5.12. The van der Waals surface area contributed by atoms with Gasteiger partial charge in [-0.25, -0.2) is 9.50 Å². The van der Waals surface area contributed by atoms with E-state index in [4.69, 9.17) is 14.6 Å². The molecule has 1 saturated carbocycles. The Morgan fingerprint density at radius 1 is 0.895 bits per heavy atom. The topological polar surface area (TPSA) is 48.7 Å². The van der Waals surface area contributed by atoms with Crippen LogP contribution >= 0.6 is 11.8 Å². The lowest BCUT2D eigenvalue weighted by Gasteiger charge is -2.14. The van der Waals surface area contributed by atoms with Gasteiger partial charge in [0.1, 0.15) is 0 Å². The molecule has 0 atom stereocenters. The molecule has 5 nitrogen and oxygen atoms in total. The maximum absolute atomic E-state index is 13.0. The molecule has 3 aromatic carbocycles. The predicted molar refractivity (Wildman–Crippen MR) is 145 cm³/mol. The first kappa shape index (κ1) is 24.4. The molecule has 2 heterocycles. The zero-order valence-corrected chi connectivity index (χ0v) is 21.3. The molecule has 0 saturated heterocycles. The highest BCUT2D eigenvalue weighted by Crippen LogP contribution is 2.37. The van der Waals surface area contributed by atoms with Crippen LogP contribution in [0, 0.1) is 5.92 Å². The van der Waals surface area contributed by atoms with Gasteiger partial charge in [0.2, 0.25) is 0 Å². The molecule has 8 heteroatoms. The summed E-state index contributed by atoms with van der Waals surface area (Å²) in [5.74, 6) is 1.69. The molecule has 0 unspecified atom stereocenters. The number of nitrogens with zero attached hydrogens (tertiary/aromatic N) is 3. The molecule has 1 aliphatic carbocycles. The normalized spacial score (nSPS) is 13.2. The van der Waals surface area contributed by atoms with Crippen molar-refractivity contribution in [2.24, 2.45) is 5.92 Å². The van der Waals surface area contributed by atoms with E-state index in [-0.39, 0.29) is 5.75 Å². The minimum absolute atomic E-state index is 0.0284. The Hall–Kier alpha value is -3.91. The van der Waals surface area contributed by atoms with Crippen LogP contribution in [0.1, 0.15) is 18.4 Å². The summed E-state index contributed by atoms with van der Waals surface area (Å²) in [6, 6.07) is 27.5. The predicted octanol–water partition coefficient (Wildman–Crippen LogP) is 7.75. The second kappa shape index (κ2) is 10.8. The van der Waals surface area contributed by atoms with Crippen molar-refractivity contribution in [3.8, 4) is 34.0 Å². The van der Waals surface area contributed by atoms with Crippen molar-refractivity contribution in [2.75, 3.05) is 6.61 Å². The van der Waals surface area contributed by atoms with Gasteiger partial charge in [0.05, 0.1) is 18.0 Å². The van der Waals surface area contributed by atoms with E-state index in [1.807, 2.05) is 30.3 Å². The van der Waals surface area contributed by atoms with Gasteiger partial charge in [-0.05, 0) is 60.7 Å². The number of thioether (sulfide) groups is 1. The molecule has 1 aliphatic rings. The number of rotatable bonds is 10. The van der Waals surface area contributed by atoms with Gasteiger partial charge < -0.3 is 9.47 Å². The van der Waals surface area contributed by atoms with Crippen LogP contribution in [0.3, 0.4) is 0 Å². The van der Waals surface area contributed by atoms with E-state index >= 15 is 0 Å². The molecule has 0 N–H and O–H groups in total. The largest absolute Gasteiger partial charge is 0.489 e. The standard InChI is InChI=1S/C30H25F2N3O2S/c31-30(32)37-27-12-11-23(16-28(27)36-18-20-9-10-20)26-13-14-33-29-17-25(34-35(26)29)22-7-4-8-24(15-22)38-19-21-5-2-1-3-6-21/h1-8,11-17,20,30H,9-10,18-19H2. The van der Waals surface area contributed by atoms with E-state index < -0.39 is 6.61 Å². The lowest BCUT2D eigenvalue weighted by atomic mass is 10.1. The molecule has 0 bridgehead atoms. The van der Waals surface area contributed by atoms with Crippen molar-refractivity contribution < 1.29 is 18.3 Å². The maximum atomic E-state index is 13.0. The Morgan fingerprint density at radius 3 is 2.58 bits per heavy atom. The highest BCUT2D eigenvalue weighted by atomic mass is 32.2. The number of fused-ring (bicyclic) bond motifs is 1. The maximum Gasteiger partial charge on any atom is 0.387 e. The third-order valence-corrected chi connectivity index (χ3v) is 7.43. The molecule has 0 amide bonds. The van der Waals surface area contributed by atoms with Crippen molar-refractivity contribution in [1.82, 2.24) is 14.6 Å². The van der Waals surface area contributed by atoms with E-state index in [0.717, 1.165) is 46.0 Å². The van der Waals surface area contributed by atoms with E-state index in [0.29, 0.717) is 23.9 Å². The second-order valence-corrected chi connectivity index (χ2v) is 10.3. The van der Waals surface area contributed by atoms with E-state index in [1.165, 1.54) is 11.6 Å². The quantitative estimate of drug-likeness (QED) is 0.173. The number of benzene rings is 3. The van der Waals surface area contributed by atoms with Gasteiger partial charge in [0.15, 0.2) is 17.1 Å². The summed E-state index contributed by atoms with van der Waals surface area (Å²) in [5.41, 5.74) is 5.30. The lowest BCUT2D eigenvalue weighted by Crippen LogP contribution is -2.06.